The molecule has 4 aliphatic heterocycles. The largest absolute Gasteiger partial charge is 0.493 e. The van der Waals surface area contributed by atoms with Gasteiger partial charge in [-0.25, -0.2) is 0 Å². The molecule has 1 aliphatic carbocycles. The summed E-state index contributed by atoms with van der Waals surface area (Å²) in [4.78, 5) is 51.6. The number of ether oxygens (including phenoxy) is 2. The number of nitrogens with zero attached hydrogens (tertiary/aromatic N) is 5. The molecule has 2 saturated heterocycles. The van der Waals surface area contributed by atoms with Crippen LogP contribution in [0.5, 0.6) is 11.5 Å². The summed E-state index contributed by atoms with van der Waals surface area (Å²) in [6.07, 6.45) is 11.0. The van der Waals surface area contributed by atoms with Gasteiger partial charge in [0.05, 0.1) is 25.7 Å². The number of allylic oxidation sites excluding steroid dienone is 1. The van der Waals surface area contributed by atoms with Gasteiger partial charge < -0.3 is 34.4 Å². The number of piperidine rings is 1. The number of methoxy groups -OCH3 is 1. The Bertz CT molecular complexity index is 2460. The predicted molar refractivity (Wildman–Crippen MR) is 271 cm³/mol. The number of fused-ring (bicyclic) bond motifs is 2. The molecule has 1 N–H and O–H groups in total. The van der Waals surface area contributed by atoms with Gasteiger partial charge in [0.25, 0.3) is 5.91 Å². The van der Waals surface area contributed by atoms with Gasteiger partial charge in [-0.05, 0) is 167 Å². The Morgan fingerprint density at radius 3 is 2.32 bits per heavy atom. The number of halogens is 1. The summed E-state index contributed by atoms with van der Waals surface area (Å²) in [7, 11) is 3.84. The third-order valence-corrected chi connectivity index (χ3v) is 15.4. The van der Waals surface area contributed by atoms with Crippen LogP contribution in [0.4, 0.5) is 11.4 Å². The van der Waals surface area contributed by atoms with Gasteiger partial charge in [0, 0.05) is 80.0 Å². The fourth-order valence-corrected chi connectivity index (χ4v) is 11.7. The third kappa shape index (κ3) is 10.5. The first-order valence-corrected chi connectivity index (χ1v) is 25.4. The maximum atomic E-state index is 14.1. The average Bonchev–Trinajstić information content (AvgIpc) is 3.67. The monoisotopic (exact) mass is 941 g/mol. The van der Waals surface area contributed by atoms with Crippen LogP contribution in [0.2, 0.25) is 5.02 Å². The molecule has 4 heterocycles. The molecule has 2 atom stereocenters. The maximum Gasteiger partial charge on any atom is 0.255 e. The third-order valence-electron chi connectivity index (χ3n) is 15.2. The minimum absolute atomic E-state index is 0.0198. The second kappa shape index (κ2) is 21.1. The highest BCUT2D eigenvalue weighted by molar-refractivity contribution is 6.30. The second-order valence-electron chi connectivity index (χ2n) is 20.0. The van der Waals surface area contributed by atoms with Gasteiger partial charge in [0.15, 0.2) is 11.5 Å². The van der Waals surface area contributed by atoms with Crippen LogP contribution in [0.15, 0.2) is 91.1 Å². The highest BCUT2D eigenvalue weighted by atomic mass is 35.5. The quantitative estimate of drug-likeness (QED) is 0.111. The van der Waals surface area contributed by atoms with Crippen LogP contribution < -0.4 is 24.6 Å². The van der Waals surface area contributed by atoms with Gasteiger partial charge >= 0.3 is 0 Å². The molecule has 12 heteroatoms. The first-order chi connectivity index (χ1) is 32.9. The van der Waals surface area contributed by atoms with E-state index in [1.54, 1.807) is 12.0 Å². The van der Waals surface area contributed by atoms with Crippen LogP contribution in [0.1, 0.15) is 116 Å². The Morgan fingerprint density at radius 2 is 1.62 bits per heavy atom. The van der Waals surface area contributed by atoms with Crippen molar-refractivity contribution < 1.29 is 23.9 Å². The Hall–Kier alpha value is -5.36. The molecule has 1 unspecified atom stereocenters. The fourth-order valence-electron chi connectivity index (χ4n) is 11.5. The van der Waals surface area contributed by atoms with Crippen molar-refractivity contribution in [2.75, 3.05) is 63.2 Å². The Morgan fingerprint density at radius 1 is 0.868 bits per heavy atom. The Kier molecular flexibility index (Phi) is 14.8. The SMILES string of the molecule is C=C1CCC(N2Cc3c(CCCCCN4CCN(C5CCC(CN(C)c6ccc(N7C(=O)Cc8cc(OC)c(OC(C)C)cc8[C@@H]7c7ccc(Cl)cc7)cc6)CC5)CC4)cccc3C2=O)C(=O)N1. The zero-order chi connectivity index (χ0) is 47.5. The summed E-state index contributed by atoms with van der Waals surface area (Å²) >= 11 is 6.35. The standard InChI is InChI=1S/C56H69ClN6O5/c1-37(2)68-52-34-48-42(32-51(52)67-5)33-53(64)63(54(48)41-16-18-43(57)19-17-41)46-24-22-44(23-25-46)59(4)35-39-14-20-45(21-15-39)61-30-28-60(29-31-61)27-8-6-7-10-40-11-9-12-47-49(40)36-62(56(47)66)50-26-13-38(3)58-55(50)65/h9,11-12,16-19,22-25,32,34,37,39,45,50,54H,3,6-8,10,13-15,20-21,26-31,33,35-36H2,1-2,4-5H3,(H,58,65)/t39?,45?,50?,54-/m0/s1. The van der Waals surface area contributed by atoms with Gasteiger partial charge in [0.2, 0.25) is 11.8 Å². The van der Waals surface area contributed by atoms with Crippen molar-refractivity contribution in [2.45, 2.75) is 115 Å². The van der Waals surface area contributed by atoms with E-state index in [-0.39, 0.29) is 36.3 Å². The van der Waals surface area contributed by atoms with E-state index in [0.29, 0.717) is 47.9 Å². The van der Waals surface area contributed by atoms with E-state index < -0.39 is 6.04 Å². The molecule has 9 rings (SSSR count). The number of hydrogen-bond donors (Lipinski definition) is 1. The van der Waals surface area contributed by atoms with E-state index in [4.69, 9.17) is 21.1 Å². The van der Waals surface area contributed by atoms with Crippen LogP contribution >= 0.6 is 11.6 Å². The zero-order valence-corrected chi connectivity index (χ0v) is 41.2. The van der Waals surface area contributed by atoms with Gasteiger partial charge in [-0.1, -0.05) is 48.9 Å². The van der Waals surface area contributed by atoms with Crippen molar-refractivity contribution in [1.29, 1.82) is 0 Å². The molecule has 0 spiro atoms. The molecule has 4 aromatic carbocycles. The Labute approximate surface area is 408 Å². The van der Waals surface area contributed by atoms with E-state index in [2.05, 4.69) is 64.0 Å². The molecular weight excluding hydrogens is 872 g/mol. The van der Waals surface area contributed by atoms with Gasteiger partial charge in [-0.3, -0.25) is 19.3 Å². The number of aryl methyl sites for hydroxylation is 1. The number of benzene rings is 4. The molecule has 11 nitrogen and oxygen atoms in total. The smallest absolute Gasteiger partial charge is 0.255 e. The molecule has 0 radical (unpaired) electrons. The molecule has 68 heavy (non-hydrogen) atoms. The lowest BCUT2D eigenvalue weighted by Crippen LogP contribution is -2.51. The number of rotatable bonds is 16. The fraction of sp³-hybridized carbons (Fsp3) is 0.482. The van der Waals surface area contributed by atoms with Crippen molar-refractivity contribution in [3.05, 3.63) is 130 Å². The summed E-state index contributed by atoms with van der Waals surface area (Å²) < 4.78 is 11.9. The average molecular weight is 942 g/mol. The number of hydrogen-bond acceptors (Lipinski definition) is 8. The summed E-state index contributed by atoms with van der Waals surface area (Å²) in [5.41, 5.74) is 8.81. The van der Waals surface area contributed by atoms with Crippen LogP contribution in [-0.4, -0.2) is 104 Å². The molecule has 5 aliphatic rings. The first-order valence-electron chi connectivity index (χ1n) is 25.1. The van der Waals surface area contributed by atoms with Crippen LogP contribution in [0.3, 0.4) is 0 Å². The highest BCUT2D eigenvalue weighted by Crippen LogP contribution is 2.44. The second-order valence-corrected chi connectivity index (χ2v) is 20.5. The van der Waals surface area contributed by atoms with Gasteiger partial charge in [0.1, 0.15) is 6.04 Å². The van der Waals surface area contributed by atoms with Crippen molar-refractivity contribution in [3.8, 4) is 11.5 Å². The highest BCUT2D eigenvalue weighted by Gasteiger charge is 2.40. The predicted octanol–water partition coefficient (Wildman–Crippen LogP) is 9.59. The normalized spacial score (nSPS) is 22.3. The topological polar surface area (TPSA) is 97.9 Å². The number of amides is 3. The van der Waals surface area contributed by atoms with Crippen molar-refractivity contribution >= 4 is 40.7 Å². The molecule has 0 aromatic heterocycles. The van der Waals surface area contributed by atoms with Crippen LogP contribution in [0.25, 0.3) is 0 Å². The summed E-state index contributed by atoms with van der Waals surface area (Å²) in [6, 6.07) is 26.3. The molecule has 3 fully saturated rings. The van der Waals surface area contributed by atoms with E-state index in [0.717, 1.165) is 97.0 Å². The number of unbranched alkanes of at least 4 members (excludes halogenated alkanes) is 2. The minimum atomic E-state index is -0.419. The molecule has 360 valence electrons. The van der Waals surface area contributed by atoms with E-state index in [1.165, 1.54) is 44.1 Å². The zero-order valence-electron chi connectivity index (χ0n) is 40.5. The van der Waals surface area contributed by atoms with Gasteiger partial charge in [-0.2, -0.15) is 0 Å². The molecule has 1 saturated carbocycles. The van der Waals surface area contributed by atoms with E-state index >= 15 is 0 Å². The lowest BCUT2D eigenvalue weighted by Gasteiger charge is -2.42. The first kappa shape index (κ1) is 47.7. The lowest BCUT2D eigenvalue weighted by atomic mass is 9.84. The van der Waals surface area contributed by atoms with E-state index in [9.17, 15) is 14.4 Å². The number of piperazine rings is 1. The van der Waals surface area contributed by atoms with Crippen molar-refractivity contribution in [1.82, 2.24) is 20.0 Å². The van der Waals surface area contributed by atoms with Crippen molar-refractivity contribution in [2.24, 2.45) is 5.92 Å². The van der Waals surface area contributed by atoms with E-state index in [1.807, 2.05) is 67.3 Å². The summed E-state index contributed by atoms with van der Waals surface area (Å²) in [5, 5.41) is 3.50. The van der Waals surface area contributed by atoms with Crippen LogP contribution in [-0.2, 0) is 29.0 Å². The number of nitrogens with one attached hydrogen (secondary N) is 1. The molecular formula is C56H69ClN6O5. The summed E-state index contributed by atoms with van der Waals surface area (Å²) in [5.74, 6) is 1.85. The number of carbonyl (C=O) groups excluding carboxylic acids is 3. The molecule has 3 amide bonds. The minimum Gasteiger partial charge on any atom is -0.493 e. The van der Waals surface area contributed by atoms with Crippen molar-refractivity contribution in [3.63, 3.8) is 0 Å². The molecule has 0 bridgehead atoms. The maximum absolute atomic E-state index is 14.1. The number of anilines is 2. The molecule has 4 aromatic rings. The van der Waals surface area contributed by atoms with Crippen LogP contribution in [0, 0.1) is 5.92 Å². The summed E-state index contributed by atoms with van der Waals surface area (Å²) in [6.45, 7) is 15.2. The Balaban J connectivity index is 0.721. The van der Waals surface area contributed by atoms with Gasteiger partial charge in [-0.15, -0.1) is 0 Å². The lowest BCUT2D eigenvalue weighted by molar-refractivity contribution is -0.126. The number of carbonyl (C=O) groups is 3.